The standard InChI is InChI=1S/C18H12FN3O4/c1-25-18(24)11-2-3-14(19)12-6-10(26-16(11)12)8-22-9-21-15-4-5-20-7-13(15)17(22)23/h2-7,9H,8H2,1H3. The fraction of sp³-hybridized carbons (Fsp3) is 0.111. The molecule has 0 bridgehead atoms. The zero-order valence-corrected chi connectivity index (χ0v) is 13.6. The monoisotopic (exact) mass is 353 g/mol. The normalized spacial score (nSPS) is 11.2. The molecular formula is C18H12FN3O4. The lowest BCUT2D eigenvalue weighted by atomic mass is 10.1. The summed E-state index contributed by atoms with van der Waals surface area (Å²) in [6, 6.07) is 5.56. The molecule has 4 aromatic rings. The maximum atomic E-state index is 14.1. The van der Waals surface area contributed by atoms with Gasteiger partial charge in [-0.1, -0.05) is 0 Å². The first-order valence-electron chi connectivity index (χ1n) is 7.67. The SMILES string of the molecule is COC(=O)c1ccc(F)c2cc(Cn3cnc4ccncc4c3=O)oc12. The molecule has 1 aromatic carbocycles. The Morgan fingerprint density at radius 3 is 2.96 bits per heavy atom. The van der Waals surface area contributed by atoms with Gasteiger partial charge >= 0.3 is 5.97 Å². The molecule has 3 heterocycles. The van der Waals surface area contributed by atoms with Crippen LogP contribution in [-0.2, 0) is 11.3 Å². The number of hydrogen-bond acceptors (Lipinski definition) is 6. The summed E-state index contributed by atoms with van der Waals surface area (Å²) in [5.41, 5.74) is 0.431. The van der Waals surface area contributed by atoms with Crippen molar-refractivity contribution in [2.24, 2.45) is 0 Å². The Hall–Kier alpha value is -3.55. The number of fused-ring (bicyclic) bond motifs is 2. The first kappa shape index (κ1) is 15.9. The highest BCUT2D eigenvalue weighted by Crippen LogP contribution is 2.27. The lowest BCUT2D eigenvalue weighted by Gasteiger charge is -2.04. The van der Waals surface area contributed by atoms with E-state index in [0.29, 0.717) is 16.7 Å². The third-order valence-corrected chi connectivity index (χ3v) is 4.04. The van der Waals surface area contributed by atoms with Gasteiger partial charge < -0.3 is 9.15 Å². The first-order valence-corrected chi connectivity index (χ1v) is 7.67. The van der Waals surface area contributed by atoms with E-state index < -0.39 is 11.8 Å². The summed E-state index contributed by atoms with van der Waals surface area (Å²) in [5, 5.41) is 0.513. The van der Waals surface area contributed by atoms with Gasteiger partial charge in [-0.15, -0.1) is 0 Å². The summed E-state index contributed by atoms with van der Waals surface area (Å²) in [6.45, 7) is 0.0331. The van der Waals surface area contributed by atoms with Gasteiger partial charge in [0, 0.05) is 12.4 Å². The van der Waals surface area contributed by atoms with Crippen LogP contribution in [-0.4, -0.2) is 27.6 Å². The van der Waals surface area contributed by atoms with Crippen molar-refractivity contribution in [2.45, 2.75) is 6.54 Å². The Balaban J connectivity index is 1.81. The van der Waals surface area contributed by atoms with E-state index >= 15 is 0 Å². The molecule has 3 aromatic heterocycles. The van der Waals surface area contributed by atoms with Crippen molar-refractivity contribution in [3.05, 3.63) is 70.5 Å². The smallest absolute Gasteiger partial charge is 0.341 e. The van der Waals surface area contributed by atoms with Crippen molar-refractivity contribution >= 4 is 27.8 Å². The summed E-state index contributed by atoms with van der Waals surface area (Å²) >= 11 is 0. The Morgan fingerprint density at radius 2 is 2.15 bits per heavy atom. The molecule has 0 aliphatic carbocycles. The molecule has 26 heavy (non-hydrogen) atoms. The van der Waals surface area contributed by atoms with E-state index in [0.717, 1.165) is 0 Å². The summed E-state index contributed by atoms with van der Waals surface area (Å²) in [7, 11) is 1.23. The molecule has 0 N–H and O–H groups in total. The van der Waals surface area contributed by atoms with E-state index in [1.54, 1.807) is 12.3 Å². The van der Waals surface area contributed by atoms with Crippen molar-refractivity contribution in [2.75, 3.05) is 7.11 Å². The molecule has 0 radical (unpaired) electrons. The number of nitrogens with zero attached hydrogens (tertiary/aromatic N) is 3. The van der Waals surface area contributed by atoms with Crippen LogP contribution in [0, 0.1) is 5.82 Å². The molecule has 7 nitrogen and oxygen atoms in total. The number of esters is 1. The third-order valence-electron chi connectivity index (χ3n) is 4.04. The second-order valence-electron chi connectivity index (χ2n) is 5.61. The summed E-state index contributed by atoms with van der Waals surface area (Å²) in [4.78, 5) is 32.5. The number of hydrogen-bond donors (Lipinski definition) is 0. The van der Waals surface area contributed by atoms with Crippen LogP contribution in [0.3, 0.4) is 0 Å². The lowest BCUT2D eigenvalue weighted by Crippen LogP contribution is -2.21. The number of ether oxygens (including phenoxy) is 1. The Kier molecular flexibility index (Phi) is 3.72. The van der Waals surface area contributed by atoms with Gasteiger partial charge in [0.25, 0.3) is 5.56 Å². The second kappa shape index (κ2) is 6.07. The molecule has 0 saturated carbocycles. The predicted molar refractivity (Wildman–Crippen MR) is 90.4 cm³/mol. The summed E-state index contributed by atoms with van der Waals surface area (Å²) in [6.07, 6.45) is 4.37. The van der Waals surface area contributed by atoms with Gasteiger partial charge in [0.05, 0.1) is 36.3 Å². The van der Waals surface area contributed by atoms with Crippen LogP contribution >= 0.6 is 0 Å². The van der Waals surface area contributed by atoms with E-state index in [1.165, 1.54) is 42.4 Å². The summed E-state index contributed by atoms with van der Waals surface area (Å²) < 4.78 is 25.7. The highest BCUT2D eigenvalue weighted by molar-refractivity contribution is 6.02. The lowest BCUT2D eigenvalue weighted by molar-refractivity contribution is 0.0601. The molecule has 4 rings (SSSR count). The fourth-order valence-corrected chi connectivity index (χ4v) is 2.77. The third kappa shape index (κ3) is 2.52. The molecule has 0 atom stereocenters. The van der Waals surface area contributed by atoms with Crippen LogP contribution in [0.1, 0.15) is 16.1 Å². The van der Waals surface area contributed by atoms with Gasteiger partial charge in [0.2, 0.25) is 0 Å². The number of methoxy groups -OCH3 is 1. The Labute approximate surface area is 145 Å². The maximum Gasteiger partial charge on any atom is 0.341 e. The second-order valence-corrected chi connectivity index (χ2v) is 5.61. The van der Waals surface area contributed by atoms with Gasteiger partial charge in [0.1, 0.15) is 17.1 Å². The van der Waals surface area contributed by atoms with Crippen molar-refractivity contribution < 1.29 is 18.3 Å². The Morgan fingerprint density at radius 1 is 1.31 bits per heavy atom. The van der Waals surface area contributed by atoms with Crippen LogP contribution in [0.2, 0.25) is 0 Å². The average Bonchev–Trinajstić information content (AvgIpc) is 3.08. The number of pyridine rings is 1. The minimum Gasteiger partial charge on any atom is -0.465 e. The number of furan rings is 1. The molecule has 8 heteroatoms. The van der Waals surface area contributed by atoms with Gasteiger partial charge in [-0.2, -0.15) is 0 Å². The molecule has 0 unspecified atom stereocenters. The number of halogens is 1. The molecule has 0 fully saturated rings. The van der Waals surface area contributed by atoms with Crippen LogP contribution in [0.15, 0.2) is 52.2 Å². The topological polar surface area (TPSA) is 87.2 Å². The number of rotatable bonds is 3. The van der Waals surface area contributed by atoms with Crippen LogP contribution in [0.4, 0.5) is 4.39 Å². The first-order chi connectivity index (χ1) is 12.6. The fourth-order valence-electron chi connectivity index (χ4n) is 2.77. The van der Waals surface area contributed by atoms with E-state index in [4.69, 9.17) is 4.42 Å². The van der Waals surface area contributed by atoms with Gasteiger partial charge in [-0.25, -0.2) is 14.2 Å². The maximum absolute atomic E-state index is 14.1. The minimum atomic E-state index is -0.633. The van der Waals surface area contributed by atoms with E-state index in [-0.39, 0.29) is 28.6 Å². The number of carbonyl (C=O) groups is 1. The van der Waals surface area contributed by atoms with E-state index in [9.17, 15) is 14.0 Å². The quantitative estimate of drug-likeness (QED) is 0.526. The number of benzene rings is 1. The zero-order valence-electron chi connectivity index (χ0n) is 13.6. The number of carbonyl (C=O) groups excluding carboxylic acids is 1. The molecule has 0 amide bonds. The van der Waals surface area contributed by atoms with Crippen molar-refractivity contribution in [3.8, 4) is 0 Å². The largest absolute Gasteiger partial charge is 0.465 e. The minimum absolute atomic E-state index is 0.0331. The van der Waals surface area contributed by atoms with Gasteiger partial charge in [0.15, 0.2) is 5.58 Å². The molecule has 130 valence electrons. The van der Waals surface area contributed by atoms with Crippen molar-refractivity contribution in [1.82, 2.24) is 14.5 Å². The molecular weight excluding hydrogens is 341 g/mol. The van der Waals surface area contributed by atoms with Crippen molar-refractivity contribution in [1.29, 1.82) is 0 Å². The van der Waals surface area contributed by atoms with E-state index in [2.05, 4.69) is 14.7 Å². The van der Waals surface area contributed by atoms with E-state index in [1.807, 2.05) is 0 Å². The average molecular weight is 353 g/mol. The van der Waals surface area contributed by atoms with Crippen LogP contribution in [0.5, 0.6) is 0 Å². The highest BCUT2D eigenvalue weighted by atomic mass is 19.1. The highest BCUT2D eigenvalue weighted by Gasteiger charge is 2.18. The van der Waals surface area contributed by atoms with Gasteiger partial charge in [-0.3, -0.25) is 14.3 Å². The van der Waals surface area contributed by atoms with Crippen LogP contribution in [0.25, 0.3) is 21.9 Å². The zero-order chi connectivity index (χ0) is 18.3. The van der Waals surface area contributed by atoms with Crippen LogP contribution < -0.4 is 5.56 Å². The molecule has 0 spiro atoms. The molecule has 0 aliphatic rings. The molecule has 0 saturated heterocycles. The summed E-state index contributed by atoms with van der Waals surface area (Å²) in [5.74, 6) is -0.857. The van der Waals surface area contributed by atoms with Crippen molar-refractivity contribution in [3.63, 3.8) is 0 Å². The van der Waals surface area contributed by atoms with Gasteiger partial charge in [-0.05, 0) is 24.3 Å². The predicted octanol–water partition coefficient (Wildman–Crippen LogP) is 2.51. The molecule has 0 aliphatic heterocycles. The Bertz CT molecular complexity index is 1210. The number of aromatic nitrogens is 3.